The molecule has 0 N–H and O–H groups in total. The van der Waals surface area contributed by atoms with Gasteiger partial charge in [-0.2, -0.15) is 0 Å². The molecule has 0 amide bonds. The summed E-state index contributed by atoms with van der Waals surface area (Å²) >= 11 is 5.84. The molecule has 0 aliphatic heterocycles. The van der Waals surface area contributed by atoms with Crippen molar-refractivity contribution in [3.63, 3.8) is 0 Å². The average Bonchev–Trinajstić information content (AvgIpc) is 2.78. The maximum atomic E-state index is 5.84. The molecule has 2 nitrogen and oxygen atoms in total. The average molecular weight is 235 g/mol. The van der Waals surface area contributed by atoms with Gasteiger partial charge in [0.1, 0.15) is 5.82 Å². The highest BCUT2D eigenvalue weighted by molar-refractivity contribution is 6.17. The lowest BCUT2D eigenvalue weighted by Crippen LogP contribution is -2.00. The molecule has 1 aromatic carbocycles. The number of rotatable bonds is 4. The Labute approximate surface area is 101 Å². The minimum absolute atomic E-state index is 0.547. The van der Waals surface area contributed by atoms with Crippen LogP contribution >= 0.6 is 11.6 Å². The molecule has 0 spiro atoms. The number of aryl methyl sites for hydroxylation is 1. The van der Waals surface area contributed by atoms with E-state index in [0.717, 1.165) is 29.9 Å². The zero-order valence-corrected chi connectivity index (χ0v) is 10.1. The molecule has 16 heavy (non-hydrogen) atoms. The lowest BCUT2D eigenvalue weighted by Gasteiger charge is -2.08. The van der Waals surface area contributed by atoms with Gasteiger partial charge in [0.25, 0.3) is 0 Å². The zero-order valence-electron chi connectivity index (χ0n) is 9.36. The van der Waals surface area contributed by atoms with Gasteiger partial charge in [0, 0.05) is 30.4 Å². The van der Waals surface area contributed by atoms with Crippen molar-refractivity contribution in [3.8, 4) is 5.69 Å². The number of benzene rings is 1. The fourth-order valence-corrected chi connectivity index (χ4v) is 1.93. The molecule has 0 aliphatic rings. The molecule has 2 aromatic rings. The van der Waals surface area contributed by atoms with Crippen molar-refractivity contribution in [3.05, 3.63) is 48.0 Å². The van der Waals surface area contributed by atoms with E-state index in [1.165, 1.54) is 0 Å². The molecule has 0 atom stereocenters. The first-order chi connectivity index (χ1) is 7.85. The summed E-state index contributed by atoms with van der Waals surface area (Å²) in [6.07, 6.45) is 5.95. The van der Waals surface area contributed by atoms with Gasteiger partial charge in [0.15, 0.2) is 0 Å². The van der Waals surface area contributed by atoms with Gasteiger partial charge in [-0.25, -0.2) is 4.98 Å². The Hall–Kier alpha value is -1.28. The van der Waals surface area contributed by atoms with E-state index in [2.05, 4.69) is 28.6 Å². The largest absolute Gasteiger partial charge is 0.304 e. The Kier molecular flexibility index (Phi) is 3.62. The van der Waals surface area contributed by atoms with Gasteiger partial charge in [0.05, 0.1) is 0 Å². The number of aromatic nitrogens is 2. The van der Waals surface area contributed by atoms with Crippen LogP contribution in [0.15, 0.2) is 36.7 Å². The fourth-order valence-electron chi connectivity index (χ4n) is 1.77. The second-order valence-electron chi connectivity index (χ2n) is 3.77. The summed E-state index contributed by atoms with van der Waals surface area (Å²) in [4.78, 5) is 4.37. The van der Waals surface area contributed by atoms with Gasteiger partial charge in [-0.05, 0) is 24.1 Å². The third-order valence-electron chi connectivity index (χ3n) is 2.53. The van der Waals surface area contributed by atoms with E-state index in [1.54, 1.807) is 0 Å². The Morgan fingerprint density at radius 1 is 1.38 bits per heavy atom. The Bertz CT molecular complexity index is 462. The predicted octanol–water partition coefficient (Wildman–Crippen LogP) is 3.56. The van der Waals surface area contributed by atoms with E-state index in [9.17, 15) is 0 Å². The molecular weight excluding hydrogens is 220 g/mol. The van der Waals surface area contributed by atoms with Crippen molar-refractivity contribution in [1.29, 1.82) is 0 Å². The first kappa shape index (κ1) is 11.2. The molecule has 0 bridgehead atoms. The minimum Gasteiger partial charge on any atom is -0.304 e. The molecule has 0 unspecified atom stereocenters. The number of alkyl halides is 1. The van der Waals surface area contributed by atoms with Gasteiger partial charge in [-0.1, -0.05) is 19.1 Å². The quantitative estimate of drug-likeness (QED) is 0.740. The van der Waals surface area contributed by atoms with Crippen LogP contribution in [0.5, 0.6) is 0 Å². The van der Waals surface area contributed by atoms with Crippen molar-refractivity contribution < 1.29 is 0 Å². The lowest BCUT2D eigenvalue weighted by atomic mass is 10.2. The Morgan fingerprint density at radius 2 is 2.25 bits per heavy atom. The van der Waals surface area contributed by atoms with Crippen molar-refractivity contribution in [2.45, 2.75) is 25.6 Å². The van der Waals surface area contributed by atoms with Gasteiger partial charge < -0.3 is 4.57 Å². The van der Waals surface area contributed by atoms with Crippen LogP contribution in [0.2, 0.25) is 0 Å². The number of imidazole rings is 1. The van der Waals surface area contributed by atoms with Crippen LogP contribution in [-0.2, 0) is 12.3 Å². The molecular formula is C13H15ClN2. The second kappa shape index (κ2) is 5.17. The molecule has 0 aliphatic carbocycles. The summed E-state index contributed by atoms with van der Waals surface area (Å²) in [5.41, 5.74) is 2.27. The molecule has 2 rings (SSSR count). The summed E-state index contributed by atoms with van der Waals surface area (Å²) in [7, 11) is 0. The van der Waals surface area contributed by atoms with Crippen LogP contribution in [0, 0.1) is 0 Å². The van der Waals surface area contributed by atoms with E-state index in [4.69, 9.17) is 11.6 Å². The molecule has 84 valence electrons. The highest BCUT2D eigenvalue weighted by atomic mass is 35.5. The van der Waals surface area contributed by atoms with E-state index >= 15 is 0 Å². The van der Waals surface area contributed by atoms with E-state index < -0.39 is 0 Å². The predicted molar refractivity (Wildman–Crippen MR) is 67.1 cm³/mol. The van der Waals surface area contributed by atoms with Gasteiger partial charge in [0.2, 0.25) is 0 Å². The van der Waals surface area contributed by atoms with Crippen molar-refractivity contribution in [1.82, 2.24) is 9.55 Å². The van der Waals surface area contributed by atoms with Crippen LogP contribution < -0.4 is 0 Å². The lowest BCUT2D eigenvalue weighted by molar-refractivity contribution is 0.809. The summed E-state index contributed by atoms with van der Waals surface area (Å²) < 4.78 is 2.12. The van der Waals surface area contributed by atoms with Gasteiger partial charge >= 0.3 is 0 Å². The van der Waals surface area contributed by atoms with Crippen LogP contribution in [-0.4, -0.2) is 9.55 Å². The van der Waals surface area contributed by atoms with Gasteiger partial charge in [-0.3, -0.25) is 0 Å². The maximum absolute atomic E-state index is 5.84. The van der Waals surface area contributed by atoms with E-state index in [-0.39, 0.29) is 0 Å². The van der Waals surface area contributed by atoms with Crippen LogP contribution in [0.1, 0.15) is 24.7 Å². The molecule has 0 saturated carbocycles. The van der Waals surface area contributed by atoms with Crippen molar-refractivity contribution in [2.24, 2.45) is 0 Å². The van der Waals surface area contributed by atoms with Crippen LogP contribution in [0.3, 0.4) is 0 Å². The van der Waals surface area contributed by atoms with Crippen LogP contribution in [0.25, 0.3) is 5.69 Å². The monoisotopic (exact) mass is 234 g/mol. The Balaban J connectivity index is 2.37. The zero-order chi connectivity index (χ0) is 11.4. The van der Waals surface area contributed by atoms with Crippen LogP contribution in [0.4, 0.5) is 0 Å². The van der Waals surface area contributed by atoms with Crippen molar-refractivity contribution >= 4 is 11.6 Å². The molecule has 0 saturated heterocycles. The first-order valence-electron chi connectivity index (χ1n) is 5.52. The SMILES string of the molecule is CCCc1nccn1-c1cccc(CCl)c1. The second-order valence-corrected chi connectivity index (χ2v) is 4.03. The highest BCUT2D eigenvalue weighted by Gasteiger charge is 2.04. The minimum atomic E-state index is 0.547. The topological polar surface area (TPSA) is 17.8 Å². The normalized spacial score (nSPS) is 10.6. The fraction of sp³-hybridized carbons (Fsp3) is 0.308. The molecule has 0 fully saturated rings. The van der Waals surface area contributed by atoms with E-state index in [0.29, 0.717) is 5.88 Å². The molecule has 3 heteroatoms. The number of halogens is 1. The third kappa shape index (κ3) is 2.27. The maximum Gasteiger partial charge on any atom is 0.113 e. The first-order valence-corrected chi connectivity index (χ1v) is 6.06. The van der Waals surface area contributed by atoms with Gasteiger partial charge in [-0.15, -0.1) is 11.6 Å². The number of hydrogen-bond acceptors (Lipinski definition) is 1. The molecule has 0 radical (unpaired) electrons. The number of nitrogens with zero attached hydrogens (tertiary/aromatic N) is 2. The Morgan fingerprint density at radius 3 is 3.00 bits per heavy atom. The van der Waals surface area contributed by atoms with Crippen molar-refractivity contribution in [2.75, 3.05) is 0 Å². The standard InChI is InChI=1S/C13H15ClN2/c1-2-4-13-15-7-8-16(13)12-6-3-5-11(9-12)10-14/h3,5-9H,2,4,10H2,1H3. The summed E-state index contributed by atoms with van der Waals surface area (Å²) in [6, 6.07) is 8.25. The van der Waals surface area contributed by atoms with E-state index in [1.807, 2.05) is 24.5 Å². The molecule has 1 aromatic heterocycles. The number of hydrogen-bond donors (Lipinski definition) is 0. The third-order valence-corrected chi connectivity index (χ3v) is 2.84. The highest BCUT2D eigenvalue weighted by Crippen LogP contribution is 2.15. The summed E-state index contributed by atoms with van der Waals surface area (Å²) in [6.45, 7) is 2.16. The smallest absolute Gasteiger partial charge is 0.113 e. The summed E-state index contributed by atoms with van der Waals surface area (Å²) in [5, 5.41) is 0. The summed E-state index contributed by atoms with van der Waals surface area (Å²) in [5.74, 6) is 1.65. The molecule has 1 heterocycles.